The molecule has 1 N–H and O–H groups in total. The summed E-state index contributed by atoms with van der Waals surface area (Å²) in [5.41, 5.74) is 2.62. The van der Waals surface area contributed by atoms with E-state index in [9.17, 15) is 9.18 Å². The minimum atomic E-state index is -0.417. The van der Waals surface area contributed by atoms with Crippen LogP contribution >= 0.6 is 11.6 Å². The lowest BCUT2D eigenvalue weighted by molar-refractivity contribution is 0.639. The van der Waals surface area contributed by atoms with E-state index in [0.29, 0.717) is 29.2 Å². The average Bonchev–Trinajstić information content (AvgIpc) is 2.71. The Morgan fingerprint density at radius 2 is 1.79 bits per heavy atom. The van der Waals surface area contributed by atoms with E-state index in [0.717, 1.165) is 11.1 Å². The first-order valence-corrected chi connectivity index (χ1v) is 9.19. The molecule has 0 atom stereocenters. The van der Waals surface area contributed by atoms with Crippen molar-refractivity contribution in [3.05, 3.63) is 105 Å². The number of benzene rings is 2. The van der Waals surface area contributed by atoms with Gasteiger partial charge in [0.15, 0.2) is 5.82 Å². The van der Waals surface area contributed by atoms with E-state index >= 15 is 0 Å². The minimum absolute atomic E-state index is 0.0336. The fourth-order valence-corrected chi connectivity index (χ4v) is 3.24. The van der Waals surface area contributed by atoms with E-state index in [1.807, 2.05) is 30.3 Å². The van der Waals surface area contributed by atoms with Crippen molar-refractivity contribution in [2.45, 2.75) is 13.1 Å². The van der Waals surface area contributed by atoms with Gasteiger partial charge in [-0.1, -0.05) is 41.9 Å². The Kier molecular flexibility index (Phi) is 5.08. The van der Waals surface area contributed by atoms with Crippen LogP contribution in [0.3, 0.4) is 0 Å². The predicted molar refractivity (Wildman–Crippen MR) is 110 cm³/mol. The highest BCUT2D eigenvalue weighted by molar-refractivity contribution is 6.35. The molecule has 0 aliphatic carbocycles. The van der Waals surface area contributed by atoms with Crippen molar-refractivity contribution in [1.82, 2.24) is 9.55 Å². The van der Waals surface area contributed by atoms with Crippen molar-refractivity contribution in [3.8, 4) is 0 Å². The van der Waals surface area contributed by atoms with E-state index in [1.54, 1.807) is 41.1 Å². The molecule has 0 saturated carbocycles. The maximum atomic E-state index is 14.7. The Labute approximate surface area is 166 Å². The highest BCUT2D eigenvalue weighted by Crippen LogP contribution is 2.28. The van der Waals surface area contributed by atoms with Gasteiger partial charge >= 0.3 is 0 Å². The van der Waals surface area contributed by atoms with Gasteiger partial charge in [-0.25, -0.2) is 4.39 Å². The Morgan fingerprint density at radius 3 is 2.57 bits per heavy atom. The normalized spacial score (nSPS) is 10.9. The van der Waals surface area contributed by atoms with Crippen LogP contribution in [0.5, 0.6) is 0 Å². The molecule has 0 fully saturated rings. The number of aromatic nitrogens is 2. The van der Waals surface area contributed by atoms with Crippen LogP contribution in [0.25, 0.3) is 10.9 Å². The largest absolute Gasteiger partial charge is 0.379 e. The number of pyridine rings is 2. The summed E-state index contributed by atoms with van der Waals surface area (Å²) < 4.78 is 16.3. The van der Waals surface area contributed by atoms with E-state index in [2.05, 4.69) is 10.3 Å². The maximum Gasteiger partial charge on any atom is 0.250 e. The second-order valence-electron chi connectivity index (χ2n) is 6.45. The third-order valence-electron chi connectivity index (χ3n) is 4.56. The van der Waals surface area contributed by atoms with Crippen molar-refractivity contribution in [2.24, 2.45) is 0 Å². The van der Waals surface area contributed by atoms with E-state index in [-0.39, 0.29) is 11.1 Å². The lowest BCUT2D eigenvalue weighted by Crippen LogP contribution is -2.18. The smallest absolute Gasteiger partial charge is 0.250 e. The molecule has 4 nitrogen and oxygen atoms in total. The zero-order valence-corrected chi connectivity index (χ0v) is 15.7. The summed E-state index contributed by atoms with van der Waals surface area (Å²) in [6.07, 6.45) is 3.26. The first-order chi connectivity index (χ1) is 13.6. The van der Waals surface area contributed by atoms with Crippen LogP contribution in [0.15, 0.2) is 77.9 Å². The van der Waals surface area contributed by atoms with Gasteiger partial charge < -0.3 is 9.88 Å². The number of hydrogen-bond acceptors (Lipinski definition) is 3. The molecule has 0 bridgehead atoms. The molecule has 0 aliphatic heterocycles. The molecule has 4 aromatic rings. The summed E-state index contributed by atoms with van der Waals surface area (Å²) in [6.45, 7) is 0.980. The van der Waals surface area contributed by atoms with Crippen molar-refractivity contribution >= 4 is 28.2 Å². The lowest BCUT2D eigenvalue weighted by atomic mass is 10.1. The second-order valence-corrected chi connectivity index (χ2v) is 6.86. The zero-order valence-electron chi connectivity index (χ0n) is 14.9. The highest BCUT2D eigenvalue weighted by atomic mass is 35.5. The summed E-state index contributed by atoms with van der Waals surface area (Å²) in [5.74, 6) is -0.417. The number of fused-ring (bicyclic) bond motifs is 1. The predicted octanol–water partition coefficient (Wildman–Crippen LogP) is 4.85. The van der Waals surface area contributed by atoms with Gasteiger partial charge in [0.1, 0.15) is 5.52 Å². The number of hydrogen-bond donors (Lipinski definition) is 1. The molecule has 2 heterocycles. The van der Waals surface area contributed by atoms with Crippen LogP contribution in [0.1, 0.15) is 11.1 Å². The quantitative estimate of drug-likeness (QED) is 0.527. The van der Waals surface area contributed by atoms with Crippen molar-refractivity contribution in [2.75, 3.05) is 5.32 Å². The number of nitrogens with one attached hydrogen (secondary N) is 1. The summed E-state index contributed by atoms with van der Waals surface area (Å²) in [5, 5.41) is 4.17. The molecule has 6 heteroatoms. The molecule has 4 rings (SSSR count). The molecule has 2 aromatic carbocycles. The van der Waals surface area contributed by atoms with Gasteiger partial charge in [-0.2, -0.15) is 0 Å². The van der Waals surface area contributed by atoms with Crippen LogP contribution in [-0.4, -0.2) is 9.55 Å². The molecule has 0 unspecified atom stereocenters. The zero-order chi connectivity index (χ0) is 19.5. The molecule has 0 amide bonds. The molecule has 0 saturated heterocycles. The maximum absolute atomic E-state index is 14.7. The first-order valence-electron chi connectivity index (χ1n) is 8.82. The van der Waals surface area contributed by atoms with Crippen LogP contribution in [0.4, 0.5) is 10.1 Å². The number of nitrogens with zero attached hydrogens (tertiary/aromatic N) is 2. The standard InChI is InChI=1S/C22H17ClFN3O/c23-18-10-11-25-22-17(18)8-9-19(21(22)24)26-13-15-4-6-16(7-5-15)14-27-12-2-1-3-20(27)28/h1-12,26H,13-14H2. The molecule has 0 radical (unpaired) electrons. The van der Waals surface area contributed by atoms with Gasteiger partial charge in [0, 0.05) is 30.4 Å². The Hall–Kier alpha value is -3.18. The van der Waals surface area contributed by atoms with Gasteiger partial charge in [0.05, 0.1) is 17.3 Å². The second kappa shape index (κ2) is 7.82. The van der Waals surface area contributed by atoms with E-state index in [1.165, 1.54) is 6.20 Å². The van der Waals surface area contributed by atoms with Crippen LogP contribution < -0.4 is 10.9 Å². The summed E-state index contributed by atoms with van der Waals surface area (Å²) >= 11 is 6.09. The van der Waals surface area contributed by atoms with E-state index < -0.39 is 5.82 Å². The fourth-order valence-electron chi connectivity index (χ4n) is 3.03. The third kappa shape index (κ3) is 3.75. The SMILES string of the molecule is O=c1ccccn1Cc1ccc(CNc2ccc3c(Cl)ccnc3c2F)cc1. The molecule has 140 valence electrons. The summed E-state index contributed by atoms with van der Waals surface area (Å²) in [6, 6.07) is 18.0. The summed E-state index contributed by atoms with van der Waals surface area (Å²) in [7, 11) is 0. The first kappa shape index (κ1) is 18.2. The lowest BCUT2D eigenvalue weighted by Gasteiger charge is -2.11. The molecular weight excluding hydrogens is 377 g/mol. The van der Waals surface area contributed by atoms with Gasteiger partial charge in [-0.15, -0.1) is 0 Å². The number of halogens is 2. The number of anilines is 1. The van der Waals surface area contributed by atoms with Crippen LogP contribution in [0.2, 0.25) is 5.02 Å². The fraction of sp³-hybridized carbons (Fsp3) is 0.0909. The minimum Gasteiger partial charge on any atom is -0.379 e. The molecule has 0 spiro atoms. The Morgan fingerprint density at radius 1 is 1.00 bits per heavy atom. The highest BCUT2D eigenvalue weighted by Gasteiger charge is 2.10. The van der Waals surface area contributed by atoms with E-state index in [4.69, 9.17) is 11.6 Å². The van der Waals surface area contributed by atoms with Crippen LogP contribution in [-0.2, 0) is 13.1 Å². The van der Waals surface area contributed by atoms with Crippen molar-refractivity contribution in [1.29, 1.82) is 0 Å². The topological polar surface area (TPSA) is 46.9 Å². The van der Waals surface area contributed by atoms with Gasteiger partial charge in [0.2, 0.25) is 0 Å². The van der Waals surface area contributed by atoms with Crippen molar-refractivity contribution in [3.63, 3.8) is 0 Å². The molecular formula is C22H17ClFN3O. The van der Waals surface area contributed by atoms with Crippen molar-refractivity contribution < 1.29 is 4.39 Å². The third-order valence-corrected chi connectivity index (χ3v) is 4.89. The van der Waals surface area contributed by atoms with Crippen LogP contribution in [0, 0.1) is 5.82 Å². The number of rotatable bonds is 5. The van der Waals surface area contributed by atoms with Gasteiger partial charge in [-0.05, 0) is 35.4 Å². The Bertz CT molecular complexity index is 1190. The van der Waals surface area contributed by atoms with Gasteiger partial charge in [0.25, 0.3) is 5.56 Å². The molecule has 2 aromatic heterocycles. The molecule has 28 heavy (non-hydrogen) atoms. The Balaban J connectivity index is 1.47. The average molecular weight is 394 g/mol. The monoisotopic (exact) mass is 393 g/mol. The summed E-state index contributed by atoms with van der Waals surface area (Å²) in [4.78, 5) is 15.9. The molecule has 0 aliphatic rings. The van der Waals surface area contributed by atoms with Gasteiger partial charge in [-0.3, -0.25) is 9.78 Å².